The van der Waals surface area contributed by atoms with Crippen molar-refractivity contribution in [2.45, 2.75) is 12.2 Å². The summed E-state index contributed by atoms with van der Waals surface area (Å²) in [6, 6.07) is 4.90. The third-order valence-electron chi connectivity index (χ3n) is 3.77. The quantitative estimate of drug-likeness (QED) is 0.588. The van der Waals surface area contributed by atoms with Gasteiger partial charge < -0.3 is 18.6 Å². The maximum atomic E-state index is 11.5. The first kappa shape index (κ1) is 11.5. The minimum absolute atomic E-state index is 0.117. The van der Waals surface area contributed by atoms with Crippen LogP contribution in [0.5, 0.6) is 11.5 Å². The van der Waals surface area contributed by atoms with Crippen LogP contribution >= 0.6 is 0 Å². The topological polar surface area (TPSA) is 57.9 Å². The van der Waals surface area contributed by atoms with Crippen LogP contribution in [0, 0.1) is 0 Å². The molecule has 0 saturated carbocycles. The second kappa shape index (κ2) is 3.86. The van der Waals surface area contributed by atoms with Crippen molar-refractivity contribution in [2.24, 2.45) is 0 Å². The Labute approximate surface area is 114 Å². The van der Waals surface area contributed by atoms with Crippen molar-refractivity contribution in [3.63, 3.8) is 0 Å². The van der Waals surface area contributed by atoms with Gasteiger partial charge in [0.2, 0.25) is 6.29 Å². The van der Waals surface area contributed by atoms with Crippen molar-refractivity contribution in [3.05, 3.63) is 46.3 Å². The number of benzene rings is 1. The van der Waals surface area contributed by atoms with Gasteiger partial charge in [0.15, 0.2) is 11.5 Å². The van der Waals surface area contributed by atoms with Crippen LogP contribution in [0.2, 0.25) is 0 Å². The van der Waals surface area contributed by atoms with Crippen LogP contribution < -0.4 is 15.1 Å². The van der Waals surface area contributed by atoms with Crippen LogP contribution in [0.25, 0.3) is 11.0 Å². The van der Waals surface area contributed by atoms with Gasteiger partial charge in [-0.2, -0.15) is 0 Å². The van der Waals surface area contributed by atoms with Crippen LogP contribution in [-0.2, 0) is 4.74 Å². The highest BCUT2D eigenvalue weighted by Gasteiger charge is 2.45. The van der Waals surface area contributed by atoms with Gasteiger partial charge in [0.05, 0.1) is 25.2 Å². The van der Waals surface area contributed by atoms with E-state index in [1.807, 2.05) is 0 Å². The lowest BCUT2D eigenvalue weighted by molar-refractivity contribution is -0.0344. The van der Waals surface area contributed by atoms with Gasteiger partial charge >= 0.3 is 5.63 Å². The lowest BCUT2D eigenvalue weighted by atomic mass is 9.93. The van der Waals surface area contributed by atoms with Gasteiger partial charge in [-0.05, 0) is 17.7 Å². The molecule has 1 aromatic heterocycles. The summed E-state index contributed by atoms with van der Waals surface area (Å²) in [6.07, 6.45) is -0.414. The molecule has 102 valence electrons. The van der Waals surface area contributed by atoms with Gasteiger partial charge in [-0.15, -0.1) is 0 Å². The van der Waals surface area contributed by atoms with E-state index >= 15 is 0 Å². The van der Waals surface area contributed by atoms with E-state index in [9.17, 15) is 4.79 Å². The molecule has 0 bridgehead atoms. The Bertz CT molecular complexity index is 789. The maximum absolute atomic E-state index is 11.5. The number of hydrogen-bond donors (Lipinski definition) is 0. The largest absolute Gasteiger partial charge is 0.493 e. The third kappa shape index (κ3) is 1.38. The molecule has 2 aromatic rings. The predicted octanol–water partition coefficient (Wildman–Crippen LogP) is 2.19. The number of fused-ring (bicyclic) bond motifs is 5. The molecule has 3 heterocycles. The average Bonchev–Trinajstić information content (AvgIpc) is 2.98. The van der Waals surface area contributed by atoms with Gasteiger partial charge in [0, 0.05) is 11.5 Å². The summed E-state index contributed by atoms with van der Waals surface area (Å²) in [6.45, 7) is 4.46. The normalized spacial score (nSPS) is 23.6. The highest BCUT2D eigenvalue weighted by atomic mass is 16.7. The van der Waals surface area contributed by atoms with E-state index in [4.69, 9.17) is 18.6 Å². The number of hydrogen-bond acceptors (Lipinski definition) is 5. The molecule has 1 aromatic carbocycles. The zero-order valence-electron chi connectivity index (χ0n) is 10.8. The van der Waals surface area contributed by atoms with Gasteiger partial charge in [0.25, 0.3) is 0 Å². The molecular weight excluding hydrogens is 260 g/mol. The Morgan fingerprint density at radius 1 is 1.40 bits per heavy atom. The lowest BCUT2D eigenvalue weighted by Crippen LogP contribution is -2.14. The van der Waals surface area contributed by atoms with E-state index in [0.717, 1.165) is 16.5 Å². The molecule has 0 N–H and O–H groups in total. The molecule has 20 heavy (non-hydrogen) atoms. The molecule has 0 amide bonds. The number of ether oxygens (including phenoxy) is 3. The molecule has 2 atom stereocenters. The summed E-state index contributed by atoms with van der Waals surface area (Å²) in [5.74, 6) is 1.06. The van der Waals surface area contributed by atoms with Crippen molar-refractivity contribution in [1.29, 1.82) is 0 Å². The Balaban J connectivity index is 2.10. The minimum Gasteiger partial charge on any atom is -0.493 e. The van der Waals surface area contributed by atoms with E-state index in [2.05, 4.69) is 6.58 Å². The first-order valence-corrected chi connectivity index (χ1v) is 6.29. The molecule has 0 aliphatic carbocycles. The maximum Gasteiger partial charge on any atom is 0.336 e. The molecule has 1 saturated heterocycles. The average molecular weight is 272 g/mol. The van der Waals surface area contributed by atoms with Crippen molar-refractivity contribution >= 4 is 11.0 Å². The highest BCUT2D eigenvalue weighted by Crippen LogP contribution is 2.52. The van der Waals surface area contributed by atoms with Gasteiger partial charge in [-0.3, -0.25) is 0 Å². The fraction of sp³-hybridized carbons (Fsp3) is 0.267. The summed E-state index contributed by atoms with van der Waals surface area (Å²) >= 11 is 0. The van der Waals surface area contributed by atoms with Crippen LogP contribution in [0.4, 0.5) is 0 Å². The molecule has 2 unspecified atom stereocenters. The lowest BCUT2D eigenvalue weighted by Gasteiger charge is -2.11. The van der Waals surface area contributed by atoms with E-state index in [1.165, 1.54) is 6.07 Å². The molecule has 1 fully saturated rings. The SMILES string of the molecule is C=C1COC2Oc3c(OC)cc4ccc(=O)oc4c3C12. The molecule has 0 radical (unpaired) electrons. The Morgan fingerprint density at radius 2 is 2.25 bits per heavy atom. The van der Waals surface area contributed by atoms with Gasteiger partial charge in [0.1, 0.15) is 5.58 Å². The van der Waals surface area contributed by atoms with Crippen molar-refractivity contribution in [1.82, 2.24) is 0 Å². The van der Waals surface area contributed by atoms with Gasteiger partial charge in [-0.25, -0.2) is 4.79 Å². The van der Waals surface area contributed by atoms with Crippen LogP contribution in [0.3, 0.4) is 0 Å². The number of methoxy groups -OCH3 is 1. The monoisotopic (exact) mass is 272 g/mol. The fourth-order valence-electron chi connectivity index (χ4n) is 2.88. The van der Waals surface area contributed by atoms with Crippen LogP contribution in [-0.4, -0.2) is 20.0 Å². The van der Waals surface area contributed by atoms with Crippen molar-refractivity contribution in [2.75, 3.05) is 13.7 Å². The zero-order chi connectivity index (χ0) is 13.9. The molecular formula is C15H12O5. The molecule has 5 nitrogen and oxygen atoms in total. The van der Waals surface area contributed by atoms with Crippen LogP contribution in [0.1, 0.15) is 11.5 Å². The molecule has 2 aliphatic rings. The Kier molecular flexibility index (Phi) is 2.23. The first-order valence-electron chi connectivity index (χ1n) is 6.29. The molecule has 4 rings (SSSR count). The summed E-state index contributed by atoms with van der Waals surface area (Å²) < 4.78 is 22.1. The third-order valence-corrected chi connectivity index (χ3v) is 3.77. The van der Waals surface area contributed by atoms with E-state index < -0.39 is 11.9 Å². The molecule has 0 spiro atoms. The van der Waals surface area contributed by atoms with E-state index in [-0.39, 0.29) is 5.92 Å². The van der Waals surface area contributed by atoms with Gasteiger partial charge in [-0.1, -0.05) is 6.58 Å². The van der Waals surface area contributed by atoms with Crippen molar-refractivity contribution in [3.8, 4) is 11.5 Å². The Morgan fingerprint density at radius 3 is 3.05 bits per heavy atom. The number of rotatable bonds is 1. The second-order valence-electron chi connectivity index (χ2n) is 4.93. The minimum atomic E-state index is -0.414. The Hall–Kier alpha value is -2.27. The first-order chi connectivity index (χ1) is 9.69. The smallest absolute Gasteiger partial charge is 0.336 e. The van der Waals surface area contributed by atoms with Crippen molar-refractivity contribution < 1.29 is 18.6 Å². The second-order valence-corrected chi connectivity index (χ2v) is 4.93. The summed E-state index contributed by atoms with van der Waals surface area (Å²) in [4.78, 5) is 11.5. The summed E-state index contributed by atoms with van der Waals surface area (Å²) in [5, 5.41) is 0.796. The fourth-order valence-corrected chi connectivity index (χ4v) is 2.88. The predicted molar refractivity (Wildman–Crippen MR) is 71.3 cm³/mol. The van der Waals surface area contributed by atoms with Crippen LogP contribution in [0.15, 0.2) is 39.6 Å². The molecule has 5 heteroatoms. The summed E-state index contributed by atoms with van der Waals surface area (Å²) in [7, 11) is 1.58. The standard InChI is InChI=1S/C15H12O5/c1-7-6-18-15-11(7)12-13-8(3-4-10(16)19-13)5-9(17-2)14(12)20-15/h3-5,11,15H,1,6H2,2H3. The zero-order valence-corrected chi connectivity index (χ0v) is 10.8. The van der Waals surface area contributed by atoms with E-state index in [1.54, 1.807) is 19.2 Å². The molecule has 2 aliphatic heterocycles. The summed E-state index contributed by atoms with van der Waals surface area (Å²) in [5.41, 5.74) is 1.84. The highest BCUT2D eigenvalue weighted by molar-refractivity contribution is 5.87. The van der Waals surface area contributed by atoms with E-state index in [0.29, 0.717) is 23.7 Å².